The first-order valence-corrected chi connectivity index (χ1v) is 11.0. The van der Waals surface area contributed by atoms with Crippen molar-refractivity contribution in [2.75, 3.05) is 12.3 Å². The van der Waals surface area contributed by atoms with Crippen molar-refractivity contribution in [3.63, 3.8) is 0 Å². The fourth-order valence-electron chi connectivity index (χ4n) is 3.31. The van der Waals surface area contributed by atoms with Gasteiger partial charge in [0.25, 0.3) is 0 Å². The molecule has 1 aromatic heterocycles. The van der Waals surface area contributed by atoms with E-state index in [1.54, 1.807) is 0 Å². The largest absolute Gasteiger partial charge is 0.356 e. The molecule has 148 valence electrons. The zero-order valence-corrected chi connectivity index (χ0v) is 17.0. The van der Waals surface area contributed by atoms with Gasteiger partial charge in [0.2, 0.25) is 5.91 Å². The van der Waals surface area contributed by atoms with Gasteiger partial charge in [0.1, 0.15) is 5.82 Å². The molecule has 2 aliphatic carbocycles. The van der Waals surface area contributed by atoms with Crippen LogP contribution < -0.4 is 5.32 Å². The zero-order valence-electron chi connectivity index (χ0n) is 16.2. The predicted octanol–water partition coefficient (Wildman–Crippen LogP) is 3.53. The Morgan fingerprint density at radius 1 is 1.14 bits per heavy atom. The highest BCUT2D eigenvalue weighted by atomic mass is 32.2. The van der Waals surface area contributed by atoms with Gasteiger partial charge >= 0.3 is 0 Å². The summed E-state index contributed by atoms with van der Waals surface area (Å²) >= 11 is 1.51. The van der Waals surface area contributed by atoms with Crippen LogP contribution in [0, 0.1) is 0 Å². The molecule has 2 aliphatic rings. The Kier molecular flexibility index (Phi) is 5.80. The number of amides is 1. The molecule has 2 aromatic rings. The van der Waals surface area contributed by atoms with Gasteiger partial charge in [-0.25, -0.2) is 0 Å². The van der Waals surface area contributed by atoms with E-state index in [2.05, 4.69) is 20.1 Å². The van der Waals surface area contributed by atoms with Crippen LogP contribution in [0.15, 0.2) is 29.4 Å². The first-order valence-electron chi connectivity index (χ1n) is 10.1. The van der Waals surface area contributed by atoms with E-state index in [0.29, 0.717) is 24.3 Å². The van der Waals surface area contributed by atoms with E-state index in [0.717, 1.165) is 29.4 Å². The summed E-state index contributed by atoms with van der Waals surface area (Å²) in [5, 5.41) is 12.5. The molecule has 0 radical (unpaired) electrons. The molecule has 6 nitrogen and oxygen atoms in total. The van der Waals surface area contributed by atoms with Gasteiger partial charge in [-0.1, -0.05) is 36.0 Å². The Hall–Kier alpha value is -2.15. The van der Waals surface area contributed by atoms with Gasteiger partial charge in [0.15, 0.2) is 10.9 Å². The van der Waals surface area contributed by atoms with Crippen LogP contribution in [0.1, 0.15) is 72.7 Å². The number of thioether (sulfide) groups is 1. The van der Waals surface area contributed by atoms with E-state index < -0.39 is 0 Å². The zero-order chi connectivity index (χ0) is 19.5. The number of nitrogens with zero attached hydrogens (tertiary/aromatic N) is 3. The Morgan fingerprint density at radius 2 is 1.89 bits per heavy atom. The van der Waals surface area contributed by atoms with E-state index in [1.165, 1.54) is 49.9 Å². The van der Waals surface area contributed by atoms with Crippen LogP contribution >= 0.6 is 11.8 Å². The van der Waals surface area contributed by atoms with Crippen LogP contribution in [-0.2, 0) is 11.2 Å². The fourth-order valence-corrected chi connectivity index (χ4v) is 4.22. The maximum Gasteiger partial charge on any atom is 0.216 e. The van der Waals surface area contributed by atoms with Gasteiger partial charge in [-0.05, 0) is 44.1 Å². The number of benzene rings is 1. The Bertz CT molecular complexity index is 854. The van der Waals surface area contributed by atoms with Crippen molar-refractivity contribution in [2.45, 2.75) is 62.6 Å². The number of aromatic nitrogens is 3. The highest BCUT2D eigenvalue weighted by Crippen LogP contribution is 2.46. The molecule has 7 heteroatoms. The molecule has 0 unspecified atom stereocenters. The van der Waals surface area contributed by atoms with Gasteiger partial charge in [-0.15, -0.1) is 10.2 Å². The SMILES string of the molecule is CC(=O)NCCCc1ccc(C(=O)CSc2nnc(C3CC3)n2C2CC2)cc1. The van der Waals surface area contributed by atoms with E-state index in [9.17, 15) is 9.59 Å². The average molecular weight is 399 g/mol. The summed E-state index contributed by atoms with van der Waals surface area (Å²) in [6, 6.07) is 8.35. The van der Waals surface area contributed by atoms with Crippen LogP contribution in [0.3, 0.4) is 0 Å². The lowest BCUT2D eigenvalue weighted by Gasteiger charge is -2.08. The number of aryl methyl sites for hydroxylation is 1. The minimum atomic E-state index is 0.000199. The van der Waals surface area contributed by atoms with Crippen LogP contribution in [0.25, 0.3) is 0 Å². The summed E-state index contributed by atoms with van der Waals surface area (Å²) in [5.74, 6) is 2.21. The van der Waals surface area contributed by atoms with E-state index >= 15 is 0 Å². The predicted molar refractivity (Wildman–Crippen MR) is 109 cm³/mol. The maximum atomic E-state index is 12.6. The van der Waals surface area contributed by atoms with Crippen LogP contribution in [0.2, 0.25) is 0 Å². The number of hydrogen-bond donors (Lipinski definition) is 1. The van der Waals surface area contributed by atoms with Gasteiger partial charge < -0.3 is 9.88 Å². The molecule has 2 saturated carbocycles. The molecule has 1 aromatic carbocycles. The van der Waals surface area contributed by atoms with Gasteiger partial charge in [-0.2, -0.15) is 0 Å². The van der Waals surface area contributed by atoms with E-state index in [-0.39, 0.29) is 11.7 Å². The van der Waals surface area contributed by atoms with Crippen LogP contribution in [0.5, 0.6) is 0 Å². The maximum absolute atomic E-state index is 12.6. The molecule has 0 bridgehead atoms. The number of carbonyl (C=O) groups excluding carboxylic acids is 2. The molecule has 0 atom stereocenters. The molecular weight excluding hydrogens is 372 g/mol. The first-order chi connectivity index (χ1) is 13.6. The molecule has 28 heavy (non-hydrogen) atoms. The summed E-state index contributed by atoms with van der Waals surface area (Å²) in [5.41, 5.74) is 1.91. The standard InChI is InChI=1S/C21H26N4O2S/c1-14(26)22-12-2-3-15-4-6-16(7-5-15)19(27)13-28-21-24-23-20(17-8-9-17)25(21)18-10-11-18/h4-7,17-18H,2-3,8-13H2,1H3,(H,22,26). The molecule has 1 N–H and O–H groups in total. The monoisotopic (exact) mass is 398 g/mol. The van der Waals surface area contributed by atoms with Crippen molar-refractivity contribution in [3.05, 3.63) is 41.2 Å². The Morgan fingerprint density at radius 3 is 2.54 bits per heavy atom. The average Bonchev–Trinajstić information content (AvgIpc) is 3.62. The summed E-state index contributed by atoms with van der Waals surface area (Å²) in [6.07, 6.45) is 6.60. The van der Waals surface area contributed by atoms with Crippen molar-refractivity contribution in [2.24, 2.45) is 0 Å². The second kappa shape index (κ2) is 8.47. The topological polar surface area (TPSA) is 76.9 Å². The summed E-state index contributed by atoms with van der Waals surface area (Å²) in [4.78, 5) is 23.5. The van der Waals surface area contributed by atoms with Crippen LogP contribution in [0.4, 0.5) is 0 Å². The number of nitrogens with one attached hydrogen (secondary N) is 1. The lowest BCUT2D eigenvalue weighted by Crippen LogP contribution is -2.21. The van der Waals surface area contributed by atoms with Crippen molar-refractivity contribution in [1.82, 2.24) is 20.1 Å². The normalized spacial score (nSPS) is 16.2. The molecule has 2 fully saturated rings. The highest BCUT2D eigenvalue weighted by Gasteiger charge is 2.36. The number of rotatable bonds is 10. The smallest absolute Gasteiger partial charge is 0.216 e. The highest BCUT2D eigenvalue weighted by molar-refractivity contribution is 7.99. The van der Waals surface area contributed by atoms with E-state index in [1.807, 2.05) is 24.3 Å². The third-order valence-electron chi connectivity index (χ3n) is 5.17. The van der Waals surface area contributed by atoms with Crippen molar-refractivity contribution in [3.8, 4) is 0 Å². The summed E-state index contributed by atoms with van der Waals surface area (Å²) in [6.45, 7) is 2.20. The van der Waals surface area contributed by atoms with E-state index in [4.69, 9.17) is 0 Å². The van der Waals surface area contributed by atoms with Crippen molar-refractivity contribution >= 4 is 23.5 Å². The second-order valence-corrected chi connectivity index (χ2v) is 8.65. The molecule has 4 rings (SSSR count). The fraction of sp³-hybridized carbons (Fsp3) is 0.524. The number of hydrogen-bond acceptors (Lipinski definition) is 5. The molecule has 1 heterocycles. The Labute approximate surface area is 169 Å². The van der Waals surface area contributed by atoms with Crippen molar-refractivity contribution in [1.29, 1.82) is 0 Å². The lowest BCUT2D eigenvalue weighted by atomic mass is 10.1. The summed E-state index contributed by atoms with van der Waals surface area (Å²) < 4.78 is 2.29. The quantitative estimate of drug-likeness (QED) is 0.376. The minimum Gasteiger partial charge on any atom is -0.356 e. The number of carbonyl (C=O) groups is 2. The van der Waals surface area contributed by atoms with Crippen molar-refractivity contribution < 1.29 is 9.59 Å². The first kappa shape index (κ1) is 19.2. The summed E-state index contributed by atoms with van der Waals surface area (Å²) in [7, 11) is 0. The molecular formula is C21H26N4O2S. The van der Waals surface area contributed by atoms with Gasteiger partial charge in [0.05, 0.1) is 5.75 Å². The van der Waals surface area contributed by atoms with Gasteiger partial charge in [-0.3, -0.25) is 9.59 Å². The lowest BCUT2D eigenvalue weighted by molar-refractivity contribution is -0.118. The van der Waals surface area contributed by atoms with Gasteiger partial charge in [0, 0.05) is 31.0 Å². The third-order valence-corrected chi connectivity index (χ3v) is 6.11. The molecule has 0 spiro atoms. The molecule has 0 saturated heterocycles. The minimum absolute atomic E-state index is 0.000199. The Balaban J connectivity index is 1.30. The molecule has 1 amide bonds. The second-order valence-electron chi connectivity index (χ2n) is 7.71. The third kappa shape index (κ3) is 4.82. The number of ketones is 1. The van der Waals surface area contributed by atoms with Crippen LogP contribution in [-0.4, -0.2) is 38.8 Å². The molecule has 0 aliphatic heterocycles. The number of Topliss-reactive ketones (excluding diaryl/α,β-unsaturated/α-hetero) is 1.